The molecule has 136 valence electrons. The molecule has 1 saturated carbocycles. The van der Waals surface area contributed by atoms with Gasteiger partial charge in [0.05, 0.1) is 6.54 Å². The number of rotatable bonds is 4. The predicted octanol–water partition coefficient (Wildman–Crippen LogP) is 3.03. The SMILES string of the molecule is CN(CC(=O)N1CCCC2CCCCC21)Cc1ccc2c(c1)OCO2. The molecule has 2 aliphatic heterocycles. The van der Waals surface area contributed by atoms with E-state index in [1.54, 1.807) is 0 Å². The van der Waals surface area contributed by atoms with Crippen LogP contribution in [0.5, 0.6) is 11.5 Å². The molecule has 1 aromatic rings. The lowest BCUT2D eigenvalue weighted by molar-refractivity contribution is -0.138. The highest BCUT2D eigenvalue weighted by molar-refractivity contribution is 5.78. The summed E-state index contributed by atoms with van der Waals surface area (Å²) in [5.74, 6) is 2.64. The molecule has 25 heavy (non-hydrogen) atoms. The first-order chi connectivity index (χ1) is 12.2. The molecule has 5 nitrogen and oxygen atoms in total. The Morgan fingerprint density at radius 3 is 2.88 bits per heavy atom. The standard InChI is InChI=1S/C20H28N2O3/c1-21(12-15-8-9-18-19(11-15)25-14-24-18)13-20(23)22-10-4-6-16-5-2-3-7-17(16)22/h8-9,11,16-17H,2-7,10,12-14H2,1H3. The fourth-order valence-corrected chi connectivity index (χ4v) is 4.66. The molecule has 3 aliphatic rings. The van der Waals surface area contributed by atoms with Crippen molar-refractivity contribution in [2.45, 2.75) is 51.1 Å². The van der Waals surface area contributed by atoms with Crippen LogP contribution in [0.2, 0.25) is 0 Å². The molecule has 2 heterocycles. The van der Waals surface area contributed by atoms with Crippen LogP contribution >= 0.6 is 0 Å². The van der Waals surface area contributed by atoms with Gasteiger partial charge in [-0.1, -0.05) is 18.9 Å². The molecular weight excluding hydrogens is 316 g/mol. The maximum atomic E-state index is 12.9. The molecule has 4 rings (SSSR count). The predicted molar refractivity (Wildman–Crippen MR) is 95.6 cm³/mol. The van der Waals surface area contributed by atoms with Gasteiger partial charge in [0.25, 0.3) is 0 Å². The van der Waals surface area contributed by atoms with E-state index in [9.17, 15) is 4.79 Å². The summed E-state index contributed by atoms with van der Waals surface area (Å²) in [6.07, 6.45) is 7.59. The fourth-order valence-electron chi connectivity index (χ4n) is 4.66. The Kier molecular flexibility index (Phi) is 4.84. The zero-order chi connectivity index (χ0) is 17.2. The summed E-state index contributed by atoms with van der Waals surface area (Å²) >= 11 is 0. The normalized spacial score (nSPS) is 25.1. The number of fused-ring (bicyclic) bond motifs is 2. The molecule has 0 aromatic heterocycles. The van der Waals surface area contributed by atoms with Gasteiger partial charge < -0.3 is 14.4 Å². The number of benzene rings is 1. The van der Waals surface area contributed by atoms with Crippen molar-refractivity contribution in [3.8, 4) is 11.5 Å². The monoisotopic (exact) mass is 344 g/mol. The summed E-state index contributed by atoms with van der Waals surface area (Å²) in [6, 6.07) is 6.51. The molecule has 2 atom stereocenters. The molecule has 5 heteroatoms. The van der Waals surface area contributed by atoms with Crippen LogP contribution < -0.4 is 9.47 Å². The molecule has 1 amide bonds. The smallest absolute Gasteiger partial charge is 0.237 e. The Hall–Kier alpha value is -1.75. The van der Waals surface area contributed by atoms with E-state index < -0.39 is 0 Å². The minimum absolute atomic E-state index is 0.292. The number of carbonyl (C=O) groups excluding carboxylic acids is 1. The molecular formula is C20H28N2O3. The third kappa shape index (κ3) is 3.61. The van der Waals surface area contributed by atoms with Gasteiger partial charge in [-0.3, -0.25) is 9.69 Å². The number of carbonyl (C=O) groups is 1. The zero-order valence-corrected chi connectivity index (χ0v) is 15.1. The lowest BCUT2D eigenvalue weighted by atomic mass is 9.78. The van der Waals surface area contributed by atoms with Crippen LogP contribution in [0.25, 0.3) is 0 Å². The zero-order valence-electron chi connectivity index (χ0n) is 15.1. The molecule has 2 unspecified atom stereocenters. The summed E-state index contributed by atoms with van der Waals surface area (Å²) < 4.78 is 10.8. The first-order valence-electron chi connectivity index (χ1n) is 9.57. The average molecular weight is 344 g/mol. The van der Waals surface area contributed by atoms with Crippen LogP contribution in [0.4, 0.5) is 0 Å². The number of likely N-dealkylation sites (tertiary alicyclic amines) is 1. The summed E-state index contributed by atoms with van der Waals surface area (Å²) in [5, 5.41) is 0. The summed E-state index contributed by atoms with van der Waals surface area (Å²) in [5.41, 5.74) is 1.15. The number of hydrogen-bond donors (Lipinski definition) is 0. The van der Waals surface area contributed by atoms with E-state index in [4.69, 9.17) is 9.47 Å². The molecule has 1 aromatic carbocycles. The average Bonchev–Trinajstić information content (AvgIpc) is 3.08. The second-order valence-electron chi connectivity index (χ2n) is 7.70. The van der Waals surface area contributed by atoms with Gasteiger partial charge >= 0.3 is 0 Å². The molecule has 1 saturated heterocycles. The van der Waals surface area contributed by atoms with E-state index in [0.29, 0.717) is 25.3 Å². The number of likely N-dealkylation sites (N-methyl/N-ethyl adjacent to an activating group) is 1. The molecule has 0 bridgehead atoms. The Bertz CT molecular complexity index is 631. The Labute approximate surface area is 149 Å². The number of amides is 1. The quantitative estimate of drug-likeness (QED) is 0.842. The van der Waals surface area contributed by atoms with Crippen molar-refractivity contribution >= 4 is 5.91 Å². The van der Waals surface area contributed by atoms with E-state index >= 15 is 0 Å². The van der Waals surface area contributed by atoms with E-state index in [1.807, 2.05) is 25.2 Å². The highest BCUT2D eigenvalue weighted by Crippen LogP contribution is 2.35. The minimum Gasteiger partial charge on any atom is -0.454 e. The third-order valence-electron chi connectivity index (χ3n) is 5.86. The second-order valence-corrected chi connectivity index (χ2v) is 7.70. The highest BCUT2D eigenvalue weighted by atomic mass is 16.7. The maximum Gasteiger partial charge on any atom is 0.237 e. The molecule has 0 spiro atoms. The lowest BCUT2D eigenvalue weighted by Crippen LogP contribution is -2.52. The number of ether oxygens (including phenoxy) is 2. The fraction of sp³-hybridized carbons (Fsp3) is 0.650. The molecule has 2 fully saturated rings. The van der Waals surface area contributed by atoms with E-state index in [2.05, 4.69) is 9.80 Å². The Morgan fingerprint density at radius 2 is 1.96 bits per heavy atom. The van der Waals surface area contributed by atoms with Crippen molar-refractivity contribution in [1.82, 2.24) is 9.80 Å². The Balaban J connectivity index is 1.35. The third-order valence-corrected chi connectivity index (χ3v) is 5.86. The van der Waals surface area contributed by atoms with Crippen LogP contribution in [-0.2, 0) is 11.3 Å². The largest absolute Gasteiger partial charge is 0.454 e. The van der Waals surface area contributed by atoms with Gasteiger partial charge in [-0.25, -0.2) is 0 Å². The number of hydrogen-bond acceptors (Lipinski definition) is 4. The van der Waals surface area contributed by atoms with E-state index in [0.717, 1.165) is 36.1 Å². The molecule has 0 radical (unpaired) electrons. The van der Waals surface area contributed by atoms with Crippen molar-refractivity contribution in [3.05, 3.63) is 23.8 Å². The van der Waals surface area contributed by atoms with E-state index in [1.165, 1.54) is 38.5 Å². The van der Waals surface area contributed by atoms with E-state index in [-0.39, 0.29) is 0 Å². The van der Waals surface area contributed by atoms with Gasteiger partial charge in [0, 0.05) is 19.1 Å². The van der Waals surface area contributed by atoms with Crippen molar-refractivity contribution in [1.29, 1.82) is 0 Å². The first kappa shape index (κ1) is 16.7. The summed E-state index contributed by atoms with van der Waals surface area (Å²) in [6.45, 7) is 2.46. The van der Waals surface area contributed by atoms with Gasteiger partial charge in [0.1, 0.15) is 0 Å². The van der Waals surface area contributed by atoms with Crippen LogP contribution in [0.15, 0.2) is 18.2 Å². The first-order valence-corrected chi connectivity index (χ1v) is 9.57. The number of piperidine rings is 1. The number of nitrogens with zero attached hydrogens (tertiary/aromatic N) is 2. The summed E-state index contributed by atoms with van der Waals surface area (Å²) in [7, 11) is 2.02. The van der Waals surface area contributed by atoms with Gasteiger partial charge in [0.15, 0.2) is 11.5 Å². The maximum absolute atomic E-state index is 12.9. The van der Waals surface area contributed by atoms with Crippen molar-refractivity contribution < 1.29 is 14.3 Å². The topological polar surface area (TPSA) is 42.0 Å². The van der Waals surface area contributed by atoms with Crippen LogP contribution in [0, 0.1) is 5.92 Å². The van der Waals surface area contributed by atoms with Crippen molar-refractivity contribution in [3.63, 3.8) is 0 Å². The molecule has 1 aliphatic carbocycles. The Morgan fingerprint density at radius 1 is 1.16 bits per heavy atom. The van der Waals surface area contributed by atoms with Gasteiger partial charge in [0.2, 0.25) is 12.7 Å². The van der Waals surface area contributed by atoms with Gasteiger partial charge in [-0.05, 0) is 56.3 Å². The van der Waals surface area contributed by atoms with Crippen molar-refractivity contribution in [2.24, 2.45) is 5.92 Å². The van der Waals surface area contributed by atoms with Crippen LogP contribution in [0.3, 0.4) is 0 Å². The highest BCUT2D eigenvalue weighted by Gasteiger charge is 2.35. The van der Waals surface area contributed by atoms with Crippen LogP contribution in [-0.4, -0.2) is 48.7 Å². The van der Waals surface area contributed by atoms with Gasteiger partial charge in [-0.15, -0.1) is 0 Å². The second kappa shape index (κ2) is 7.24. The lowest BCUT2D eigenvalue weighted by Gasteiger charge is -2.44. The van der Waals surface area contributed by atoms with Gasteiger partial charge in [-0.2, -0.15) is 0 Å². The minimum atomic E-state index is 0.292. The van der Waals surface area contributed by atoms with Crippen LogP contribution in [0.1, 0.15) is 44.1 Å². The summed E-state index contributed by atoms with van der Waals surface area (Å²) in [4.78, 5) is 17.2. The van der Waals surface area contributed by atoms with Crippen molar-refractivity contribution in [2.75, 3.05) is 26.9 Å². The molecule has 0 N–H and O–H groups in total.